The summed E-state index contributed by atoms with van der Waals surface area (Å²) < 4.78 is 13.7. The molecule has 0 aliphatic carbocycles. The van der Waals surface area contributed by atoms with Crippen LogP contribution in [0.25, 0.3) is 6.08 Å². The van der Waals surface area contributed by atoms with Gasteiger partial charge in [-0.1, -0.05) is 0 Å². The van der Waals surface area contributed by atoms with Gasteiger partial charge in [0.25, 0.3) is 5.69 Å². The van der Waals surface area contributed by atoms with Crippen LogP contribution < -0.4 is 0 Å². The summed E-state index contributed by atoms with van der Waals surface area (Å²) in [6, 6.07) is 2.72. The zero-order valence-electron chi connectivity index (χ0n) is 9.40. The van der Waals surface area contributed by atoms with E-state index in [1.165, 1.54) is 18.2 Å². The number of nitro groups is 1. The second-order valence-corrected chi connectivity index (χ2v) is 3.67. The molecule has 0 saturated heterocycles. The maximum absolute atomic E-state index is 13.7. The highest BCUT2D eigenvalue weighted by Crippen LogP contribution is 2.25. The van der Waals surface area contributed by atoms with Crippen LogP contribution in [0, 0.1) is 22.9 Å². The normalized spacial score (nSPS) is 10.8. The molecule has 5 heteroatoms. The Balaban J connectivity index is 3.32. The lowest BCUT2D eigenvalue weighted by atomic mass is 10.1. The number of hydrogen-bond acceptors (Lipinski definition) is 3. The number of aryl methyl sites for hydroxylation is 1. The van der Waals surface area contributed by atoms with Gasteiger partial charge in [0.15, 0.2) is 0 Å². The van der Waals surface area contributed by atoms with Gasteiger partial charge < -0.3 is 4.90 Å². The lowest BCUT2D eigenvalue weighted by Gasteiger charge is -2.05. The van der Waals surface area contributed by atoms with E-state index in [4.69, 9.17) is 0 Å². The van der Waals surface area contributed by atoms with Crippen molar-refractivity contribution in [1.29, 1.82) is 0 Å². The molecule has 0 amide bonds. The summed E-state index contributed by atoms with van der Waals surface area (Å²) in [5.41, 5.74) is 0.184. The Labute approximate surface area is 93.1 Å². The molecular formula is C11H13FN2O2. The van der Waals surface area contributed by atoms with Crippen molar-refractivity contribution in [2.24, 2.45) is 0 Å². The number of halogens is 1. The average Bonchev–Trinajstić information content (AvgIpc) is 2.19. The molecule has 0 heterocycles. The summed E-state index contributed by atoms with van der Waals surface area (Å²) in [7, 11) is 3.52. The first-order chi connectivity index (χ1) is 7.43. The highest BCUT2D eigenvalue weighted by atomic mass is 19.1. The third-order valence-corrected chi connectivity index (χ3v) is 2.09. The van der Waals surface area contributed by atoms with Crippen LogP contribution in [-0.4, -0.2) is 23.9 Å². The van der Waals surface area contributed by atoms with E-state index in [2.05, 4.69) is 0 Å². The first-order valence-corrected chi connectivity index (χ1v) is 4.71. The van der Waals surface area contributed by atoms with Crippen molar-refractivity contribution < 1.29 is 9.31 Å². The van der Waals surface area contributed by atoms with Crippen LogP contribution in [0.2, 0.25) is 0 Å². The molecule has 0 spiro atoms. The Hall–Kier alpha value is -1.91. The van der Waals surface area contributed by atoms with Crippen molar-refractivity contribution in [1.82, 2.24) is 4.90 Å². The standard InChI is InChI=1S/C11H13FN2O2/c1-8-4-5-10(14(15)16)9(11(8)12)6-7-13(2)3/h4-7H,1-3H3/b7-6+. The fourth-order valence-corrected chi connectivity index (χ4v) is 1.23. The van der Waals surface area contributed by atoms with Crippen molar-refractivity contribution in [2.75, 3.05) is 14.1 Å². The highest BCUT2D eigenvalue weighted by molar-refractivity contribution is 5.62. The number of rotatable bonds is 3. The van der Waals surface area contributed by atoms with E-state index in [1.807, 2.05) is 0 Å². The van der Waals surface area contributed by atoms with Gasteiger partial charge in [0.05, 0.1) is 10.5 Å². The molecule has 0 aliphatic heterocycles. The molecule has 1 aromatic rings. The van der Waals surface area contributed by atoms with Gasteiger partial charge in [-0.2, -0.15) is 0 Å². The summed E-state index contributed by atoms with van der Waals surface area (Å²) in [6.07, 6.45) is 2.98. The lowest BCUT2D eigenvalue weighted by Crippen LogP contribution is -2.01. The summed E-state index contributed by atoms with van der Waals surface area (Å²) >= 11 is 0. The SMILES string of the molecule is Cc1ccc([N+](=O)[O-])c(/C=C/N(C)C)c1F. The average molecular weight is 224 g/mol. The Kier molecular flexibility index (Phi) is 3.60. The van der Waals surface area contributed by atoms with E-state index in [1.54, 1.807) is 32.1 Å². The number of benzene rings is 1. The molecule has 4 nitrogen and oxygen atoms in total. The van der Waals surface area contributed by atoms with Crippen molar-refractivity contribution in [3.8, 4) is 0 Å². The fraction of sp³-hybridized carbons (Fsp3) is 0.273. The lowest BCUT2D eigenvalue weighted by molar-refractivity contribution is -0.385. The third-order valence-electron chi connectivity index (χ3n) is 2.09. The quantitative estimate of drug-likeness (QED) is 0.585. The van der Waals surface area contributed by atoms with Crippen LogP contribution >= 0.6 is 0 Å². The van der Waals surface area contributed by atoms with Gasteiger partial charge in [0.1, 0.15) is 5.82 Å². The molecule has 0 saturated carbocycles. The molecule has 0 bridgehead atoms. The van der Waals surface area contributed by atoms with Gasteiger partial charge in [0.2, 0.25) is 0 Å². The first-order valence-electron chi connectivity index (χ1n) is 4.71. The highest BCUT2D eigenvalue weighted by Gasteiger charge is 2.17. The summed E-state index contributed by atoms with van der Waals surface area (Å²) in [5.74, 6) is -0.549. The summed E-state index contributed by atoms with van der Waals surface area (Å²) in [4.78, 5) is 11.8. The van der Waals surface area contributed by atoms with Gasteiger partial charge in [-0.3, -0.25) is 10.1 Å². The van der Waals surface area contributed by atoms with Gasteiger partial charge in [0, 0.05) is 20.2 Å². The van der Waals surface area contributed by atoms with Gasteiger partial charge >= 0.3 is 0 Å². The zero-order chi connectivity index (χ0) is 12.3. The van der Waals surface area contributed by atoms with Crippen molar-refractivity contribution in [3.63, 3.8) is 0 Å². The summed E-state index contributed by atoms with van der Waals surface area (Å²) in [6.45, 7) is 1.58. The predicted molar refractivity (Wildman–Crippen MR) is 60.5 cm³/mol. The van der Waals surface area contributed by atoms with Crippen LogP contribution in [0.1, 0.15) is 11.1 Å². The molecule has 0 aromatic heterocycles. The third kappa shape index (κ3) is 2.56. The molecular weight excluding hydrogens is 211 g/mol. The molecule has 16 heavy (non-hydrogen) atoms. The second kappa shape index (κ2) is 4.74. The minimum absolute atomic E-state index is 0.0127. The molecule has 86 valence electrons. The van der Waals surface area contributed by atoms with Crippen molar-refractivity contribution in [3.05, 3.63) is 45.4 Å². The van der Waals surface area contributed by atoms with Crippen LogP contribution in [-0.2, 0) is 0 Å². The van der Waals surface area contributed by atoms with E-state index in [9.17, 15) is 14.5 Å². The number of nitro benzene ring substituents is 1. The first kappa shape index (κ1) is 12.2. The molecule has 1 rings (SSSR count). The second-order valence-electron chi connectivity index (χ2n) is 3.67. The Morgan fingerprint density at radius 1 is 1.44 bits per heavy atom. The van der Waals surface area contributed by atoms with Crippen LogP contribution in [0.4, 0.5) is 10.1 Å². The van der Waals surface area contributed by atoms with Crippen LogP contribution in [0.3, 0.4) is 0 Å². The van der Waals surface area contributed by atoms with E-state index in [0.29, 0.717) is 5.56 Å². The van der Waals surface area contributed by atoms with Gasteiger partial charge in [-0.05, 0) is 30.8 Å². The fourth-order valence-electron chi connectivity index (χ4n) is 1.23. The minimum atomic E-state index is -0.585. The number of nitrogens with zero attached hydrogens (tertiary/aromatic N) is 2. The van der Waals surface area contributed by atoms with E-state index in [0.717, 1.165) is 0 Å². The molecule has 1 aromatic carbocycles. The molecule has 0 aliphatic rings. The molecule has 0 atom stereocenters. The van der Waals surface area contributed by atoms with Gasteiger partial charge in [-0.25, -0.2) is 4.39 Å². The molecule has 0 fully saturated rings. The maximum atomic E-state index is 13.7. The number of hydrogen-bond donors (Lipinski definition) is 0. The van der Waals surface area contributed by atoms with E-state index in [-0.39, 0.29) is 11.3 Å². The smallest absolute Gasteiger partial charge is 0.279 e. The predicted octanol–water partition coefficient (Wildman–Crippen LogP) is 2.57. The van der Waals surface area contributed by atoms with Gasteiger partial charge in [-0.15, -0.1) is 0 Å². The monoisotopic (exact) mass is 224 g/mol. The van der Waals surface area contributed by atoms with Crippen LogP contribution in [0.5, 0.6) is 0 Å². The zero-order valence-corrected chi connectivity index (χ0v) is 9.40. The van der Waals surface area contributed by atoms with Crippen molar-refractivity contribution >= 4 is 11.8 Å². The molecule has 0 unspecified atom stereocenters. The maximum Gasteiger partial charge on any atom is 0.279 e. The minimum Gasteiger partial charge on any atom is -0.383 e. The molecule has 0 radical (unpaired) electrons. The Bertz CT molecular complexity index is 442. The topological polar surface area (TPSA) is 46.4 Å². The van der Waals surface area contributed by atoms with E-state index >= 15 is 0 Å². The van der Waals surface area contributed by atoms with E-state index < -0.39 is 10.7 Å². The Morgan fingerprint density at radius 3 is 2.56 bits per heavy atom. The largest absolute Gasteiger partial charge is 0.383 e. The Morgan fingerprint density at radius 2 is 2.06 bits per heavy atom. The molecule has 0 N–H and O–H groups in total. The van der Waals surface area contributed by atoms with Crippen molar-refractivity contribution in [2.45, 2.75) is 6.92 Å². The summed E-state index contributed by atoms with van der Waals surface area (Å²) in [5, 5.41) is 10.7. The van der Waals surface area contributed by atoms with Crippen LogP contribution in [0.15, 0.2) is 18.3 Å².